The number of aliphatic hydroxyl groups is 1. The summed E-state index contributed by atoms with van der Waals surface area (Å²) in [7, 11) is 3.60. The average Bonchev–Trinajstić information content (AvgIpc) is 2.69. The highest BCUT2D eigenvalue weighted by Crippen LogP contribution is 2.24. The molecular formula is C21H33N3O3. The Morgan fingerprint density at radius 1 is 1.15 bits per heavy atom. The van der Waals surface area contributed by atoms with Crippen molar-refractivity contribution in [1.29, 1.82) is 0 Å². The Labute approximate surface area is 162 Å². The van der Waals surface area contributed by atoms with Crippen molar-refractivity contribution in [3.8, 4) is 0 Å². The molecule has 0 bridgehead atoms. The van der Waals surface area contributed by atoms with E-state index in [2.05, 4.69) is 21.7 Å². The minimum Gasteiger partial charge on any atom is -0.465 e. The molecule has 3 rings (SSSR count). The van der Waals surface area contributed by atoms with Crippen LogP contribution in [-0.2, 0) is 11.3 Å². The van der Waals surface area contributed by atoms with Gasteiger partial charge in [-0.1, -0.05) is 12.1 Å². The number of hydrogen-bond acceptors (Lipinski definition) is 6. The van der Waals surface area contributed by atoms with Gasteiger partial charge in [0, 0.05) is 44.9 Å². The fourth-order valence-corrected chi connectivity index (χ4v) is 4.41. The van der Waals surface area contributed by atoms with Gasteiger partial charge in [0.25, 0.3) is 0 Å². The number of piperazine rings is 1. The summed E-state index contributed by atoms with van der Waals surface area (Å²) >= 11 is 0. The van der Waals surface area contributed by atoms with Gasteiger partial charge in [-0.25, -0.2) is 4.79 Å². The number of rotatable bonds is 6. The number of benzene rings is 1. The first-order valence-electron chi connectivity index (χ1n) is 10.1. The number of nitrogens with zero attached hydrogens (tertiary/aromatic N) is 3. The van der Waals surface area contributed by atoms with Crippen LogP contribution in [0.3, 0.4) is 0 Å². The number of likely N-dealkylation sites (tertiary alicyclic amines) is 1. The summed E-state index contributed by atoms with van der Waals surface area (Å²) in [6, 6.07) is 8.76. The molecular weight excluding hydrogens is 342 g/mol. The molecule has 1 aromatic carbocycles. The molecule has 6 heteroatoms. The highest BCUT2D eigenvalue weighted by atomic mass is 16.5. The van der Waals surface area contributed by atoms with Crippen LogP contribution in [0.2, 0.25) is 0 Å². The summed E-state index contributed by atoms with van der Waals surface area (Å²) in [5.74, 6) is -0.295. The van der Waals surface area contributed by atoms with Gasteiger partial charge in [-0.3, -0.25) is 9.80 Å². The first-order valence-corrected chi connectivity index (χ1v) is 10.1. The van der Waals surface area contributed by atoms with Crippen molar-refractivity contribution in [2.45, 2.75) is 37.9 Å². The zero-order valence-electron chi connectivity index (χ0n) is 16.6. The highest BCUT2D eigenvalue weighted by molar-refractivity contribution is 5.89. The van der Waals surface area contributed by atoms with Gasteiger partial charge in [0.1, 0.15) is 0 Å². The molecule has 2 heterocycles. The third-order valence-corrected chi connectivity index (χ3v) is 6.01. The van der Waals surface area contributed by atoms with Crippen molar-refractivity contribution in [3.63, 3.8) is 0 Å². The molecule has 0 unspecified atom stereocenters. The molecule has 1 atom stereocenters. The number of piperidine rings is 1. The van der Waals surface area contributed by atoms with E-state index >= 15 is 0 Å². The maximum Gasteiger partial charge on any atom is 0.337 e. The molecule has 27 heavy (non-hydrogen) atoms. The Balaban J connectivity index is 1.58. The van der Waals surface area contributed by atoms with E-state index in [0.29, 0.717) is 17.6 Å². The summed E-state index contributed by atoms with van der Waals surface area (Å²) in [6.07, 6.45) is 3.30. The van der Waals surface area contributed by atoms with E-state index in [4.69, 9.17) is 4.74 Å². The second kappa shape index (κ2) is 9.64. The number of aliphatic hydroxyl groups excluding tert-OH is 1. The van der Waals surface area contributed by atoms with Crippen molar-refractivity contribution >= 4 is 5.97 Å². The van der Waals surface area contributed by atoms with Crippen molar-refractivity contribution < 1.29 is 14.6 Å². The maximum absolute atomic E-state index is 11.6. The van der Waals surface area contributed by atoms with E-state index in [9.17, 15) is 9.90 Å². The summed E-state index contributed by atoms with van der Waals surface area (Å²) in [4.78, 5) is 19.1. The van der Waals surface area contributed by atoms with Crippen molar-refractivity contribution in [2.24, 2.45) is 0 Å². The summed E-state index contributed by atoms with van der Waals surface area (Å²) in [5, 5.41) is 9.56. The van der Waals surface area contributed by atoms with Crippen LogP contribution in [0.5, 0.6) is 0 Å². The van der Waals surface area contributed by atoms with E-state index in [-0.39, 0.29) is 12.6 Å². The van der Waals surface area contributed by atoms with Crippen LogP contribution in [0, 0.1) is 0 Å². The van der Waals surface area contributed by atoms with E-state index in [0.717, 1.165) is 32.6 Å². The fraction of sp³-hybridized carbons (Fsp3) is 0.667. The molecule has 2 aliphatic heterocycles. The van der Waals surface area contributed by atoms with E-state index in [1.165, 1.54) is 38.6 Å². The van der Waals surface area contributed by atoms with E-state index in [1.807, 2.05) is 24.3 Å². The molecule has 1 N–H and O–H groups in total. The topological polar surface area (TPSA) is 56.2 Å². The van der Waals surface area contributed by atoms with Gasteiger partial charge in [-0.05, 0) is 57.1 Å². The van der Waals surface area contributed by atoms with E-state index in [1.54, 1.807) is 0 Å². The number of esters is 1. The lowest BCUT2D eigenvalue weighted by molar-refractivity contribution is 0.00600. The lowest BCUT2D eigenvalue weighted by Crippen LogP contribution is -2.58. The van der Waals surface area contributed by atoms with Crippen molar-refractivity contribution in [1.82, 2.24) is 14.7 Å². The molecule has 0 spiro atoms. The Morgan fingerprint density at radius 2 is 1.85 bits per heavy atom. The molecule has 150 valence electrons. The molecule has 2 aliphatic rings. The predicted octanol–water partition coefficient (Wildman–Crippen LogP) is 1.44. The Hall–Kier alpha value is -1.47. The average molecular weight is 376 g/mol. The van der Waals surface area contributed by atoms with Gasteiger partial charge in [-0.2, -0.15) is 0 Å². The number of hydrogen-bond donors (Lipinski definition) is 1. The van der Waals surface area contributed by atoms with Crippen molar-refractivity contribution in [2.75, 3.05) is 53.5 Å². The zero-order valence-corrected chi connectivity index (χ0v) is 16.6. The van der Waals surface area contributed by atoms with Crippen LogP contribution in [0.1, 0.15) is 35.2 Å². The maximum atomic E-state index is 11.6. The number of ether oxygens (including phenoxy) is 1. The SMILES string of the molecule is COC(=O)c1ccc(CN2CCN(C3CCN(C)CC3)[C@@H](CCO)C2)cc1. The largest absolute Gasteiger partial charge is 0.465 e. The number of carbonyl (C=O) groups is 1. The normalized spacial score (nSPS) is 23.4. The molecule has 0 aromatic heterocycles. The second-order valence-electron chi connectivity index (χ2n) is 7.86. The molecule has 2 saturated heterocycles. The van der Waals surface area contributed by atoms with Gasteiger partial charge in [0.05, 0.1) is 12.7 Å². The molecule has 0 aliphatic carbocycles. The summed E-state index contributed by atoms with van der Waals surface area (Å²) in [5.41, 5.74) is 1.80. The van der Waals surface area contributed by atoms with Gasteiger partial charge < -0.3 is 14.7 Å². The standard InChI is InChI=1S/C21H33N3O3/c1-22-10-7-19(8-11-22)24-13-12-23(16-20(24)9-14-25)15-17-3-5-18(6-4-17)21(26)27-2/h3-6,19-20,25H,7-16H2,1-2H3/t20-/m0/s1. The minimum atomic E-state index is -0.295. The van der Waals surface area contributed by atoms with Gasteiger partial charge >= 0.3 is 5.97 Å². The van der Waals surface area contributed by atoms with Crippen LogP contribution in [0.15, 0.2) is 24.3 Å². The molecule has 0 amide bonds. The quantitative estimate of drug-likeness (QED) is 0.760. The van der Waals surface area contributed by atoms with Crippen LogP contribution in [-0.4, -0.2) is 91.3 Å². The first kappa shape index (κ1) is 20.3. The van der Waals surface area contributed by atoms with E-state index < -0.39 is 0 Å². The number of carbonyl (C=O) groups excluding carboxylic acids is 1. The fourth-order valence-electron chi connectivity index (χ4n) is 4.41. The highest BCUT2D eigenvalue weighted by Gasteiger charge is 2.32. The third-order valence-electron chi connectivity index (χ3n) is 6.01. The van der Waals surface area contributed by atoms with Crippen molar-refractivity contribution in [3.05, 3.63) is 35.4 Å². The lowest BCUT2D eigenvalue weighted by atomic mass is 9.98. The lowest BCUT2D eigenvalue weighted by Gasteiger charge is -2.47. The zero-order chi connectivity index (χ0) is 19.2. The molecule has 2 fully saturated rings. The predicted molar refractivity (Wildman–Crippen MR) is 106 cm³/mol. The van der Waals surface area contributed by atoms with Crippen LogP contribution in [0.25, 0.3) is 0 Å². The molecule has 0 radical (unpaired) electrons. The van der Waals surface area contributed by atoms with Crippen LogP contribution < -0.4 is 0 Å². The van der Waals surface area contributed by atoms with Gasteiger partial charge in [0.2, 0.25) is 0 Å². The molecule has 1 aromatic rings. The van der Waals surface area contributed by atoms with Gasteiger partial charge in [0.15, 0.2) is 0 Å². The monoisotopic (exact) mass is 375 g/mol. The molecule has 6 nitrogen and oxygen atoms in total. The summed E-state index contributed by atoms with van der Waals surface area (Å²) < 4.78 is 4.76. The molecule has 0 saturated carbocycles. The van der Waals surface area contributed by atoms with Crippen LogP contribution in [0.4, 0.5) is 0 Å². The number of methoxy groups -OCH3 is 1. The third kappa shape index (κ3) is 5.29. The Bertz CT molecular complexity index is 599. The van der Waals surface area contributed by atoms with Crippen LogP contribution >= 0.6 is 0 Å². The minimum absolute atomic E-state index is 0.245. The smallest absolute Gasteiger partial charge is 0.337 e. The first-order chi connectivity index (χ1) is 13.1. The van der Waals surface area contributed by atoms with Gasteiger partial charge in [-0.15, -0.1) is 0 Å². The summed E-state index contributed by atoms with van der Waals surface area (Å²) in [6.45, 7) is 6.57. The Morgan fingerprint density at radius 3 is 2.48 bits per heavy atom. The second-order valence-corrected chi connectivity index (χ2v) is 7.86. The Kier molecular flexibility index (Phi) is 7.24.